The summed E-state index contributed by atoms with van der Waals surface area (Å²) in [7, 11) is 0. The smallest absolute Gasteiger partial charge is 0.312 e. The maximum Gasteiger partial charge on any atom is 0.312 e. The molecule has 1 atom stereocenters. The summed E-state index contributed by atoms with van der Waals surface area (Å²) in [4.78, 5) is 10.7. The molecule has 0 saturated carbocycles. The maximum absolute atomic E-state index is 13.2. The summed E-state index contributed by atoms with van der Waals surface area (Å²) in [6.07, 6.45) is 0. The first-order chi connectivity index (χ1) is 6.56. The molecule has 0 aliphatic rings. The number of rotatable bonds is 3. The Kier molecular flexibility index (Phi) is 3.43. The van der Waals surface area contributed by atoms with Gasteiger partial charge >= 0.3 is 5.97 Å². The van der Waals surface area contributed by atoms with Crippen molar-refractivity contribution in [1.82, 2.24) is 0 Å². The van der Waals surface area contributed by atoms with Crippen LogP contribution < -0.4 is 5.73 Å². The van der Waals surface area contributed by atoms with Crippen molar-refractivity contribution in [2.75, 3.05) is 6.54 Å². The van der Waals surface area contributed by atoms with Gasteiger partial charge in [0.2, 0.25) is 0 Å². The maximum atomic E-state index is 13.2. The van der Waals surface area contributed by atoms with Gasteiger partial charge in [-0.05, 0) is 18.2 Å². The summed E-state index contributed by atoms with van der Waals surface area (Å²) in [5, 5.41) is 9.04. The van der Waals surface area contributed by atoms with Gasteiger partial charge < -0.3 is 10.8 Å². The number of aliphatic carboxylic acids is 1. The minimum absolute atomic E-state index is 0.0208. The molecule has 0 heterocycles. The van der Waals surface area contributed by atoms with Crippen LogP contribution in [0.4, 0.5) is 4.39 Å². The fourth-order valence-electron chi connectivity index (χ4n) is 1.14. The predicted molar refractivity (Wildman–Crippen MR) is 50.8 cm³/mol. The largest absolute Gasteiger partial charge is 0.481 e. The summed E-state index contributed by atoms with van der Waals surface area (Å²) >= 11 is 5.62. The standard InChI is InChI=1S/C9H9ClFNO2/c10-5-1-2-8(11)6(3-5)7(4-12)9(13)14/h1-3,7H,4,12H2,(H,13,14). The first kappa shape index (κ1) is 10.9. The van der Waals surface area contributed by atoms with Crippen molar-refractivity contribution in [3.63, 3.8) is 0 Å². The quantitative estimate of drug-likeness (QED) is 0.809. The van der Waals surface area contributed by atoms with Crippen molar-refractivity contribution in [3.05, 3.63) is 34.6 Å². The summed E-state index contributed by atoms with van der Waals surface area (Å²) < 4.78 is 13.2. The van der Waals surface area contributed by atoms with E-state index < -0.39 is 17.7 Å². The summed E-state index contributed by atoms with van der Waals surface area (Å²) in [5.74, 6) is -2.81. The van der Waals surface area contributed by atoms with E-state index in [1.165, 1.54) is 12.1 Å². The second-order valence-corrected chi connectivity index (χ2v) is 3.23. The number of hydrogen-bond donors (Lipinski definition) is 2. The molecular formula is C9H9ClFNO2. The van der Waals surface area contributed by atoms with Crippen LogP contribution in [-0.4, -0.2) is 17.6 Å². The van der Waals surface area contributed by atoms with E-state index in [0.29, 0.717) is 5.02 Å². The van der Waals surface area contributed by atoms with Crippen LogP contribution in [0.3, 0.4) is 0 Å². The molecule has 1 aromatic rings. The highest BCUT2D eigenvalue weighted by molar-refractivity contribution is 6.30. The summed E-state index contributed by atoms with van der Waals surface area (Å²) in [5.41, 5.74) is 5.25. The Morgan fingerprint density at radius 1 is 1.64 bits per heavy atom. The van der Waals surface area contributed by atoms with E-state index >= 15 is 0 Å². The van der Waals surface area contributed by atoms with E-state index in [1.54, 1.807) is 0 Å². The lowest BCUT2D eigenvalue weighted by molar-refractivity contribution is -0.138. The van der Waals surface area contributed by atoms with Crippen molar-refractivity contribution >= 4 is 17.6 Å². The zero-order valence-corrected chi connectivity index (χ0v) is 7.96. The first-order valence-corrected chi connectivity index (χ1v) is 4.32. The molecule has 0 fully saturated rings. The Morgan fingerprint density at radius 2 is 2.29 bits per heavy atom. The highest BCUT2D eigenvalue weighted by Crippen LogP contribution is 2.22. The predicted octanol–water partition coefficient (Wildman–Crippen LogP) is 1.61. The van der Waals surface area contributed by atoms with E-state index in [9.17, 15) is 9.18 Å². The zero-order chi connectivity index (χ0) is 10.7. The van der Waals surface area contributed by atoms with Crippen LogP contribution in [0.2, 0.25) is 5.02 Å². The van der Waals surface area contributed by atoms with Crippen LogP contribution in [0.15, 0.2) is 18.2 Å². The number of carboxylic acids is 1. The number of halogens is 2. The molecule has 1 aromatic carbocycles. The molecule has 3 nitrogen and oxygen atoms in total. The van der Waals surface area contributed by atoms with Gasteiger partial charge in [0.05, 0.1) is 5.92 Å². The van der Waals surface area contributed by atoms with Crippen LogP contribution in [0.5, 0.6) is 0 Å². The topological polar surface area (TPSA) is 63.3 Å². The molecule has 0 aliphatic heterocycles. The van der Waals surface area contributed by atoms with Crippen molar-refractivity contribution in [3.8, 4) is 0 Å². The lowest BCUT2D eigenvalue weighted by Gasteiger charge is -2.10. The van der Waals surface area contributed by atoms with Crippen LogP contribution in [0.25, 0.3) is 0 Å². The highest BCUT2D eigenvalue weighted by atomic mass is 35.5. The Bertz CT molecular complexity index is 357. The first-order valence-electron chi connectivity index (χ1n) is 3.94. The van der Waals surface area contributed by atoms with E-state index in [1.807, 2.05) is 0 Å². The molecule has 76 valence electrons. The fourth-order valence-corrected chi connectivity index (χ4v) is 1.32. The molecular weight excluding hydrogens is 209 g/mol. The molecule has 3 N–H and O–H groups in total. The Labute approximate surface area is 85.3 Å². The normalized spacial score (nSPS) is 12.5. The number of hydrogen-bond acceptors (Lipinski definition) is 2. The van der Waals surface area contributed by atoms with Crippen molar-refractivity contribution in [2.45, 2.75) is 5.92 Å². The zero-order valence-electron chi connectivity index (χ0n) is 7.21. The van der Waals surface area contributed by atoms with E-state index in [4.69, 9.17) is 22.4 Å². The number of nitrogens with two attached hydrogens (primary N) is 1. The molecule has 0 saturated heterocycles. The molecule has 5 heteroatoms. The molecule has 0 bridgehead atoms. The highest BCUT2D eigenvalue weighted by Gasteiger charge is 2.21. The molecule has 0 spiro atoms. The van der Waals surface area contributed by atoms with E-state index in [0.717, 1.165) is 6.07 Å². The fraction of sp³-hybridized carbons (Fsp3) is 0.222. The Morgan fingerprint density at radius 3 is 2.79 bits per heavy atom. The number of benzene rings is 1. The lowest BCUT2D eigenvalue weighted by Crippen LogP contribution is -2.22. The van der Waals surface area contributed by atoms with Crippen molar-refractivity contribution < 1.29 is 14.3 Å². The van der Waals surface area contributed by atoms with Crippen LogP contribution in [-0.2, 0) is 4.79 Å². The van der Waals surface area contributed by atoms with Crippen LogP contribution >= 0.6 is 11.6 Å². The van der Waals surface area contributed by atoms with Crippen molar-refractivity contribution in [1.29, 1.82) is 0 Å². The molecule has 1 rings (SSSR count). The Hall–Kier alpha value is -1.13. The third kappa shape index (κ3) is 2.21. The molecule has 0 radical (unpaired) electrons. The van der Waals surface area contributed by atoms with Crippen molar-refractivity contribution in [2.24, 2.45) is 5.73 Å². The molecule has 0 aromatic heterocycles. The van der Waals surface area contributed by atoms with Gasteiger partial charge in [-0.2, -0.15) is 0 Å². The van der Waals surface area contributed by atoms with Gasteiger partial charge in [0, 0.05) is 17.1 Å². The van der Waals surface area contributed by atoms with Crippen LogP contribution in [0, 0.1) is 5.82 Å². The third-order valence-corrected chi connectivity index (χ3v) is 2.10. The lowest BCUT2D eigenvalue weighted by atomic mass is 9.99. The monoisotopic (exact) mass is 217 g/mol. The van der Waals surface area contributed by atoms with Gasteiger partial charge in [-0.3, -0.25) is 4.79 Å². The molecule has 0 aliphatic carbocycles. The van der Waals surface area contributed by atoms with Gasteiger partial charge in [-0.25, -0.2) is 4.39 Å². The van der Waals surface area contributed by atoms with Gasteiger partial charge in [-0.15, -0.1) is 0 Å². The minimum Gasteiger partial charge on any atom is -0.481 e. The Balaban J connectivity index is 3.15. The molecule has 14 heavy (non-hydrogen) atoms. The third-order valence-electron chi connectivity index (χ3n) is 1.87. The SMILES string of the molecule is NCC(C(=O)O)c1cc(Cl)ccc1F. The average molecular weight is 218 g/mol. The second-order valence-electron chi connectivity index (χ2n) is 2.79. The summed E-state index contributed by atoms with van der Waals surface area (Å²) in [6.45, 7) is -0.160. The number of carbonyl (C=O) groups is 1. The minimum atomic E-state index is -1.16. The van der Waals surface area contributed by atoms with E-state index in [-0.39, 0.29) is 12.1 Å². The van der Waals surface area contributed by atoms with Gasteiger partial charge in [0.1, 0.15) is 5.82 Å². The average Bonchev–Trinajstić information content (AvgIpc) is 2.11. The number of carboxylic acid groups (broad SMARTS) is 1. The van der Waals surface area contributed by atoms with Gasteiger partial charge in [0.15, 0.2) is 0 Å². The molecule has 1 unspecified atom stereocenters. The second kappa shape index (κ2) is 4.39. The summed E-state index contributed by atoms with van der Waals surface area (Å²) in [6, 6.07) is 3.77. The van der Waals surface area contributed by atoms with Gasteiger partial charge in [0.25, 0.3) is 0 Å². The van der Waals surface area contributed by atoms with Crippen LogP contribution in [0.1, 0.15) is 11.5 Å². The molecule has 0 amide bonds. The van der Waals surface area contributed by atoms with E-state index in [2.05, 4.69) is 0 Å². The van der Waals surface area contributed by atoms with Gasteiger partial charge in [-0.1, -0.05) is 11.6 Å².